The summed E-state index contributed by atoms with van der Waals surface area (Å²) in [5, 5.41) is 32.3. The van der Waals surface area contributed by atoms with E-state index in [-0.39, 0.29) is 23.4 Å². The minimum Gasteiger partial charge on any atom is -0.491 e. The maximum Gasteiger partial charge on any atom is 0.515 e. The van der Waals surface area contributed by atoms with Crippen LogP contribution in [0.2, 0.25) is 0 Å². The summed E-state index contributed by atoms with van der Waals surface area (Å²) < 4.78 is 12.3. The van der Waals surface area contributed by atoms with Crippen LogP contribution in [0, 0.1) is 0 Å². The van der Waals surface area contributed by atoms with E-state index in [1.165, 1.54) is 0 Å². The van der Waals surface area contributed by atoms with E-state index >= 15 is 0 Å². The number of fused-ring (bicyclic) bond motifs is 1. The van der Waals surface area contributed by atoms with E-state index in [0.717, 1.165) is 22.3 Å². The smallest absolute Gasteiger partial charge is 0.491 e. The molecule has 5 aromatic rings. The third kappa shape index (κ3) is 5.44. The first-order chi connectivity index (χ1) is 18.9. The van der Waals surface area contributed by atoms with Gasteiger partial charge in [-0.1, -0.05) is 60.7 Å². The van der Waals surface area contributed by atoms with Crippen LogP contribution < -0.4 is 4.74 Å². The summed E-state index contributed by atoms with van der Waals surface area (Å²) in [6.45, 7) is 5.71. The summed E-state index contributed by atoms with van der Waals surface area (Å²) in [6.07, 6.45) is 3.04. The lowest BCUT2D eigenvalue weighted by molar-refractivity contribution is 0.0716. The monoisotopic (exact) mass is 526 g/mol. The normalized spacial score (nSPS) is 11.5. The number of rotatable bonds is 8. The Kier molecular flexibility index (Phi) is 7.26. The van der Waals surface area contributed by atoms with Crippen molar-refractivity contribution in [1.29, 1.82) is 0 Å². The minimum absolute atomic E-state index is 0.0982. The molecule has 0 aliphatic heterocycles. The van der Waals surface area contributed by atoms with Gasteiger partial charge in [0, 0.05) is 18.5 Å². The molecule has 12 nitrogen and oxygen atoms in total. The van der Waals surface area contributed by atoms with Crippen LogP contribution in [-0.4, -0.2) is 57.7 Å². The first-order valence-corrected chi connectivity index (χ1v) is 12.3. The predicted molar refractivity (Wildman–Crippen MR) is 142 cm³/mol. The Morgan fingerprint density at radius 1 is 1.08 bits per heavy atom. The van der Waals surface area contributed by atoms with E-state index in [1.807, 2.05) is 72.2 Å². The molecule has 0 unspecified atom stereocenters. The predicted octanol–water partition coefficient (Wildman–Crippen LogP) is 4.47. The van der Waals surface area contributed by atoms with Gasteiger partial charge >= 0.3 is 6.16 Å². The van der Waals surface area contributed by atoms with Gasteiger partial charge < -0.3 is 19.1 Å². The maximum absolute atomic E-state index is 12.3. The molecule has 0 saturated heterocycles. The molecule has 0 aliphatic carbocycles. The van der Waals surface area contributed by atoms with Gasteiger partial charge in [0.05, 0.1) is 6.10 Å². The number of carbonyl (C=O) groups is 1. The number of imidazole rings is 1. The lowest BCUT2D eigenvalue weighted by Gasteiger charge is -2.12. The van der Waals surface area contributed by atoms with Gasteiger partial charge in [0.25, 0.3) is 11.8 Å². The average molecular weight is 527 g/mol. The van der Waals surface area contributed by atoms with E-state index < -0.39 is 6.16 Å². The van der Waals surface area contributed by atoms with Crippen LogP contribution in [0.1, 0.15) is 32.2 Å². The van der Waals surface area contributed by atoms with Crippen LogP contribution in [-0.2, 0) is 17.7 Å². The fourth-order valence-corrected chi connectivity index (χ4v) is 4.16. The summed E-state index contributed by atoms with van der Waals surface area (Å²) in [5.74, 6) is 0.767. The molecule has 2 N–H and O–H groups in total. The molecular formula is C27H26N8O4. The van der Waals surface area contributed by atoms with Gasteiger partial charge in [-0.3, -0.25) is 0 Å². The first-order valence-electron chi connectivity index (χ1n) is 12.3. The molecule has 2 aromatic carbocycles. The van der Waals surface area contributed by atoms with Crippen molar-refractivity contribution >= 4 is 17.2 Å². The minimum atomic E-state index is -0.918. The number of aromatic amines is 1. The second-order valence-electron chi connectivity index (χ2n) is 8.92. The number of hydrogen-bond acceptors (Lipinski definition) is 10. The molecule has 5 rings (SSSR count). The van der Waals surface area contributed by atoms with Crippen molar-refractivity contribution < 1.29 is 19.4 Å². The van der Waals surface area contributed by atoms with Crippen molar-refractivity contribution in [2.45, 2.75) is 39.8 Å². The standard InChI is InChI=1S/C27H26N8O4/c1-4-5-10-21-28-22-23(26(32-31-25(22)36)39-27(37)38-16(2)3)35(21)15-17-11-13-18(14-12-17)19-8-6-7-9-20(19)24-29-33-34-30-24/h4-9,11-14,16H,10,15H2,1-3H3,(H,31,36)(H,29,30,33,34). The largest absolute Gasteiger partial charge is 0.515 e. The molecule has 0 amide bonds. The van der Waals surface area contributed by atoms with E-state index in [2.05, 4.69) is 35.8 Å². The average Bonchev–Trinajstić information content (AvgIpc) is 3.59. The Morgan fingerprint density at radius 2 is 1.85 bits per heavy atom. The van der Waals surface area contributed by atoms with E-state index in [4.69, 9.17) is 9.47 Å². The van der Waals surface area contributed by atoms with Crippen molar-refractivity contribution in [3.8, 4) is 34.3 Å². The molecule has 3 aromatic heterocycles. The second kappa shape index (κ2) is 11.1. The van der Waals surface area contributed by atoms with Crippen molar-refractivity contribution in [3.05, 3.63) is 72.1 Å². The highest BCUT2D eigenvalue weighted by Gasteiger charge is 2.23. The van der Waals surface area contributed by atoms with Crippen LogP contribution in [0.5, 0.6) is 11.8 Å². The summed E-state index contributed by atoms with van der Waals surface area (Å²) in [4.78, 5) is 16.8. The Labute approximate surface area is 223 Å². The zero-order chi connectivity index (χ0) is 27.4. The van der Waals surface area contributed by atoms with Gasteiger partial charge in [-0.2, -0.15) is 0 Å². The van der Waals surface area contributed by atoms with Gasteiger partial charge in [-0.05, 0) is 47.9 Å². The molecule has 198 valence electrons. The lowest BCUT2D eigenvalue weighted by atomic mass is 9.98. The highest BCUT2D eigenvalue weighted by atomic mass is 16.7. The summed E-state index contributed by atoms with van der Waals surface area (Å²) in [7, 11) is 0. The van der Waals surface area contributed by atoms with Gasteiger partial charge in [0.2, 0.25) is 0 Å². The number of ether oxygens (including phenoxy) is 2. The number of hydrogen-bond donors (Lipinski definition) is 2. The zero-order valence-corrected chi connectivity index (χ0v) is 21.6. The number of aromatic nitrogens is 8. The maximum atomic E-state index is 12.3. The molecule has 39 heavy (non-hydrogen) atoms. The molecule has 0 spiro atoms. The van der Waals surface area contributed by atoms with E-state index in [0.29, 0.717) is 30.1 Å². The molecule has 0 bridgehead atoms. The van der Waals surface area contributed by atoms with Crippen LogP contribution in [0.4, 0.5) is 4.79 Å². The Balaban J connectivity index is 1.52. The summed E-state index contributed by atoms with van der Waals surface area (Å²) in [6, 6.07) is 15.9. The van der Waals surface area contributed by atoms with E-state index in [9.17, 15) is 9.90 Å². The number of nitrogens with zero attached hydrogens (tertiary/aromatic N) is 7. The van der Waals surface area contributed by atoms with Gasteiger partial charge in [-0.25, -0.2) is 14.9 Å². The highest BCUT2D eigenvalue weighted by Crippen LogP contribution is 2.32. The number of nitrogens with one attached hydrogen (secondary N) is 1. The third-order valence-electron chi connectivity index (χ3n) is 5.88. The van der Waals surface area contributed by atoms with Gasteiger partial charge in [-0.15, -0.1) is 15.3 Å². The van der Waals surface area contributed by atoms with Crippen molar-refractivity contribution in [2.75, 3.05) is 0 Å². The topological polar surface area (TPSA) is 154 Å². The number of H-pyrrole nitrogens is 1. The van der Waals surface area contributed by atoms with Gasteiger partial charge in [0.1, 0.15) is 11.3 Å². The summed E-state index contributed by atoms with van der Waals surface area (Å²) in [5.41, 5.74) is 4.32. The first kappa shape index (κ1) is 25.5. The fourth-order valence-electron chi connectivity index (χ4n) is 4.16. The molecule has 0 radical (unpaired) electrons. The molecule has 0 atom stereocenters. The number of tetrazole rings is 1. The van der Waals surface area contributed by atoms with E-state index in [1.54, 1.807) is 13.8 Å². The Hall–Kier alpha value is -5.13. The lowest BCUT2D eigenvalue weighted by Crippen LogP contribution is -2.17. The Bertz CT molecular complexity index is 1630. The van der Waals surface area contributed by atoms with Crippen molar-refractivity contribution in [3.63, 3.8) is 0 Å². The number of aromatic hydroxyl groups is 1. The SMILES string of the molecule is CC=CCc1nc2c(O)nnc(OC(=O)OC(C)C)c2n1Cc1ccc(-c2ccccc2-c2nnn[nH]2)cc1. The van der Waals surface area contributed by atoms with Crippen LogP contribution in [0.25, 0.3) is 33.5 Å². The molecule has 0 saturated carbocycles. The quantitative estimate of drug-likeness (QED) is 0.219. The molecular weight excluding hydrogens is 500 g/mol. The van der Waals surface area contributed by atoms with Crippen LogP contribution in [0.15, 0.2) is 60.7 Å². The molecule has 12 heteroatoms. The summed E-state index contributed by atoms with van der Waals surface area (Å²) >= 11 is 0. The molecule has 0 fully saturated rings. The number of allylic oxidation sites excluding steroid dienone is 2. The van der Waals surface area contributed by atoms with Crippen molar-refractivity contribution in [2.24, 2.45) is 0 Å². The molecule has 3 heterocycles. The second-order valence-corrected chi connectivity index (χ2v) is 8.92. The van der Waals surface area contributed by atoms with Crippen molar-refractivity contribution in [1.82, 2.24) is 40.4 Å². The number of carbonyl (C=O) groups excluding carboxylic acids is 1. The van der Waals surface area contributed by atoms with Crippen LogP contribution >= 0.6 is 0 Å². The Morgan fingerprint density at radius 3 is 2.54 bits per heavy atom. The molecule has 0 aliphatic rings. The number of benzene rings is 2. The van der Waals surface area contributed by atoms with Crippen LogP contribution in [0.3, 0.4) is 0 Å². The highest BCUT2D eigenvalue weighted by molar-refractivity contribution is 5.86. The fraction of sp³-hybridized carbons (Fsp3) is 0.222. The van der Waals surface area contributed by atoms with Gasteiger partial charge in [0.15, 0.2) is 11.3 Å². The zero-order valence-electron chi connectivity index (χ0n) is 21.6. The third-order valence-corrected chi connectivity index (χ3v) is 5.88.